The Morgan fingerprint density at radius 1 is 1.55 bits per heavy atom. The van der Waals surface area contributed by atoms with Crippen LogP contribution >= 0.6 is 0 Å². The van der Waals surface area contributed by atoms with Gasteiger partial charge in [-0.1, -0.05) is 6.92 Å². The van der Waals surface area contributed by atoms with Gasteiger partial charge in [-0.15, -0.1) is 0 Å². The first kappa shape index (κ1) is 13.7. The van der Waals surface area contributed by atoms with Crippen molar-refractivity contribution in [3.05, 3.63) is 23.7 Å². The number of carbonyl (C=O) groups is 1. The van der Waals surface area contributed by atoms with E-state index in [-0.39, 0.29) is 17.4 Å². The van der Waals surface area contributed by atoms with E-state index in [1.807, 2.05) is 6.07 Å². The van der Waals surface area contributed by atoms with Gasteiger partial charge in [0.05, 0.1) is 17.7 Å². The van der Waals surface area contributed by atoms with Crippen molar-refractivity contribution in [2.24, 2.45) is 5.41 Å². The molecule has 0 saturated carbocycles. The topological polar surface area (TPSA) is 54.3 Å². The fraction of sp³-hybridized carbons (Fsp3) is 0.688. The molecular formula is C16H24N2O2. The Kier molecular flexibility index (Phi) is 3.83. The zero-order valence-corrected chi connectivity index (χ0v) is 12.2. The van der Waals surface area contributed by atoms with E-state index in [1.165, 1.54) is 5.56 Å². The van der Waals surface area contributed by atoms with Gasteiger partial charge in [-0.05, 0) is 44.7 Å². The minimum Gasteiger partial charge on any atom is -0.469 e. The highest BCUT2D eigenvalue weighted by molar-refractivity contribution is 5.83. The Hall–Kier alpha value is -1.29. The van der Waals surface area contributed by atoms with Crippen molar-refractivity contribution in [2.75, 3.05) is 13.1 Å². The van der Waals surface area contributed by atoms with E-state index in [0.717, 1.165) is 57.4 Å². The first-order valence-corrected chi connectivity index (χ1v) is 7.83. The van der Waals surface area contributed by atoms with Crippen molar-refractivity contribution < 1.29 is 9.21 Å². The summed E-state index contributed by atoms with van der Waals surface area (Å²) >= 11 is 0. The second-order valence-electron chi connectivity index (χ2n) is 6.13. The molecule has 0 radical (unpaired) electrons. The molecule has 1 aliphatic heterocycles. The molecule has 2 heterocycles. The Labute approximate surface area is 120 Å². The molecule has 4 heteroatoms. The smallest absolute Gasteiger partial charge is 0.227 e. The summed E-state index contributed by atoms with van der Waals surface area (Å²) in [4.78, 5) is 12.8. The van der Waals surface area contributed by atoms with Crippen LogP contribution in [0.15, 0.2) is 16.7 Å². The number of furan rings is 1. The molecule has 0 bridgehead atoms. The number of piperidine rings is 1. The molecule has 20 heavy (non-hydrogen) atoms. The van der Waals surface area contributed by atoms with E-state index in [9.17, 15) is 4.79 Å². The Morgan fingerprint density at radius 2 is 2.45 bits per heavy atom. The lowest BCUT2D eigenvalue weighted by Crippen LogP contribution is -2.51. The number of rotatable bonds is 3. The van der Waals surface area contributed by atoms with E-state index in [1.54, 1.807) is 6.26 Å². The van der Waals surface area contributed by atoms with Gasteiger partial charge in [0.15, 0.2) is 0 Å². The van der Waals surface area contributed by atoms with Crippen molar-refractivity contribution in [1.82, 2.24) is 10.6 Å². The largest absolute Gasteiger partial charge is 0.469 e. The van der Waals surface area contributed by atoms with Crippen LogP contribution in [0.1, 0.15) is 56.4 Å². The second kappa shape index (κ2) is 5.60. The van der Waals surface area contributed by atoms with Crippen molar-refractivity contribution in [3.8, 4) is 0 Å². The number of carbonyl (C=O) groups excluding carboxylic acids is 1. The standard InChI is InChI=1S/C16H24N2O2/c1-2-16(8-4-9-17-11-16)15(19)18-13-5-3-6-14-12(13)7-10-20-14/h7,10,13,17H,2-6,8-9,11H2,1H3,(H,18,19). The van der Waals surface area contributed by atoms with Crippen LogP contribution in [0, 0.1) is 5.41 Å². The highest BCUT2D eigenvalue weighted by Gasteiger charge is 2.39. The molecule has 1 aromatic rings. The predicted molar refractivity (Wildman–Crippen MR) is 77.4 cm³/mol. The van der Waals surface area contributed by atoms with Gasteiger partial charge in [-0.3, -0.25) is 4.79 Å². The van der Waals surface area contributed by atoms with Gasteiger partial charge in [-0.25, -0.2) is 0 Å². The average Bonchev–Trinajstić information content (AvgIpc) is 2.97. The molecule has 4 nitrogen and oxygen atoms in total. The summed E-state index contributed by atoms with van der Waals surface area (Å²) < 4.78 is 5.50. The summed E-state index contributed by atoms with van der Waals surface area (Å²) in [5.74, 6) is 1.26. The minimum absolute atomic E-state index is 0.135. The fourth-order valence-corrected chi connectivity index (χ4v) is 3.57. The van der Waals surface area contributed by atoms with Gasteiger partial charge in [0.25, 0.3) is 0 Å². The quantitative estimate of drug-likeness (QED) is 0.892. The molecule has 0 aromatic carbocycles. The van der Waals surface area contributed by atoms with Crippen LogP contribution in [0.2, 0.25) is 0 Å². The molecule has 0 spiro atoms. The Morgan fingerprint density at radius 3 is 3.20 bits per heavy atom. The van der Waals surface area contributed by atoms with Crippen LogP contribution in [0.3, 0.4) is 0 Å². The first-order valence-electron chi connectivity index (χ1n) is 7.83. The maximum atomic E-state index is 12.8. The zero-order valence-electron chi connectivity index (χ0n) is 12.2. The highest BCUT2D eigenvalue weighted by Crippen LogP contribution is 2.34. The van der Waals surface area contributed by atoms with Crippen molar-refractivity contribution in [2.45, 2.75) is 51.5 Å². The van der Waals surface area contributed by atoms with Crippen LogP contribution in [-0.2, 0) is 11.2 Å². The lowest BCUT2D eigenvalue weighted by atomic mass is 9.77. The minimum atomic E-state index is -0.223. The molecule has 1 aliphatic carbocycles. The zero-order chi connectivity index (χ0) is 14.0. The summed E-state index contributed by atoms with van der Waals surface area (Å²) in [6.45, 7) is 3.96. The molecule has 2 N–H and O–H groups in total. The van der Waals surface area contributed by atoms with E-state index >= 15 is 0 Å². The van der Waals surface area contributed by atoms with Crippen LogP contribution in [0.4, 0.5) is 0 Å². The van der Waals surface area contributed by atoms with E-state index in [4.69, 9.17) is 4.42 Å². The molecule has 2 aliphatic rings. The van der Waals surface area contributed by atoms with E-state index < -0.39 is 0 Å². The summed E-state index contributed by atoms with van der Waals surface area (Å²) in [5, 5.41) is 6.66. The van der Waals surface area contributed by atoms with Gasteiger partial charge < -0.3 is 15.1 Å². The number of amides is 1. The van der Waals surface area contributed by atoms with Crippen LogP contribution < -0.4 is 10.6 Å². The van der Waals surface area contributed by atoms with Gasteiger partial charge in [-0.2, -0.15) is 0 Å². The molecule has 1 saturated heterocycles. The summed E-state index contributed by atoms with van der Waals surface area (Å²) in [6.07, 6.45) is 7.82. The van der Waals surface area contributed by atoms with Gasteiger partial charge in [0.2, 0.25) is 5.91 Å². The average molecular weight is 276 g/mol. The summed E-state index contributed by atoms with van der Waals surface area (Å²) in [5.41, 5.74) is 0.958. The number of hydrogen-bond donors (Lipinski definition) is 2. The second-order valence-corrected chi connectivity index (χ2v) is 6.13. The molecule has 3 rings (SSSR count). The van der Waals surface area contributed by atoms with Crippen molar-refractivity contribution >= 4 is 5.91 Å². The number of fused-ring (bicyclic) bond motifs is 1. The SMILES string of the molecule is CCC1(C(=O)NC2CCCc3occc32)CCCNC1. The lowest BCUT2D eigenvalue weighted by molar-refractivity contribution is -0.133. The Bertz CT molecular complexity index is 475. The van der Waals surface area contributed by atoms with E-state index in [2.05, 4.69) is 17.6 Å². The Balaban J connectivity index is 1.73. The number of aryl methyl sites for hydroxylation is 1. The highest BCUT2D eigenvalue weighted by atomic mass is 16.3. The van der Waals surface area contributed by atoms with Crippen LogP contribution in [-0.4, -0.2) is 19.0 Å². The molecular weight excluding hydrogens is 252 g/mol. The maximum absolute atomic E-state index is 12.8. The first-order chi connectivity index (χ1) is 9.75. The summed E-state index contributed by atoms with van der Waals surface area (Å²) in [6, 6.07) is 2.15. The summed E-state index contributed by atoms with van der Waals surface area (Å²) in [7, 11) is 0. The van der Waals surface area contributed by atoms with Crippen molar-refractivity contribution in [3.63, 3.8) is 0 Å². The number of nitrogens with one attached hydrogen (secondary N) is 2. The number of hydrogen-bond acceptors (Lipinski definition) is 3. The fourth-order valence-electron chi connectivity index (χ4n) is 3.57. The van der Waals surface area contributed by atoms with Crippen LogP contribution in [0.25, 0.3) is 0 Å². The van der Waals surface area contributed by atoms with Gasteiger partial charge in [0.1, 0.15) is 5.76 Å². The molecule has 2 atom stereocenters. The normalized spacial score (nSPS) is 29.8. The monoisotopic (exact) mass is 276 g/mol. The van der Waals surface area contributed by atoms with Crippen molar-refractivity contribution in [1.29, 1.82) is 0 Å². The van der Waals surface area contributed by atoms with E-state index in [0.29, 0.717) is 0 Å². The maximum Gasteiger partial charge on any atom is 0.227 e. The third-order valence-corrected chi connectivity index (χ3v) is 4.99. The third-order valence-electron chi connectivity index (χ3n) is 4.99. The molecule has 1 amide bonds. The van der Waals surface area contributed by atoms with Crippen LogP contribution in [0.5, 0.6) is 0 Å². The molecule has 2 unspecified atom stereocenters. The van der Waals surface area contributed by atoms with Gasteiger partial charge in [0, 0.05) is 18.5 Å². The third kappa shape index (κ3) is 2.37. The molecule has 110 valence electrons. The molecule has 1 fully saturated rings. The lowest BCUT2D eigenvalue weighted by Gasteiger charge is -2.37. The predicted octanol–water partition coefficient (Wildman–Crippen LogP) is 2.55. The van der Waals surface area contributed by atoms with Gasteiger partial charge >= 0.3 is 0 Å². The molecule has 1 aromatic heterocycles.